The first-order valence-corrected chi connectivity index (χ1v) is 6.50. The van der Waals surface area contributed by atoms with Gasteiger partial charge in [0.2, 0.25) is 0 Å². The molecule has 2 rings (SSSR count). The summed E-state index contributed by atoms with van der Waals surface area (Å²) in [5.74, 6) is 0.447. The molecule has 0 bridgehead atoms. The topological polar surface area (TPSA) is 49.7 Å². The molecule has 0 saturated heterocycles. The standard InChI is InChI=1S/C11H10BClO3S/c1-17-11-6-8-4-9(13)3-2-7(8)5-10(11)16-12(14)15/h2-6,14-15H,1H3. The van der Waals surface area contributed by atoms with Crippen molar-refractivity contribution in [1.29, 1.82) is 0 Å². The minimum atomic E-state index is -1.81. The molecule has 0 aliphatic heterocycles. The molecule has 2 aromatic carbocycles. The first-order chi connectivity index (χ1) is 8.10. The number of hydrogen-bond acceptors (Lipinski definition) is 4. The molecule has 88 valence electrons. The number of benzene rings is 2. The van der Waals surface area contributed by atoms with E-state index in [-0.39, 0.29) is 0 Å². The zero-order valence-electron chi connectivity index (χ0n) is 9.05. The lowest BCUT2D eigenvalue weighted by molar-refractivity contribution is 0.285. The Labute approximate surface area is 109 Å². The minimum absolute atomic E-state index is 0.447. The summed E-state index contributed by atoms with van der Waals surface area (Å²) < 4.78 is 4.93. The molecular formula is C11H10BClO3S. The van der Waals surface area contributed by atoms with Crippen LogP contribution in [0.15, 0.2) is 35.2 Å². The SMILES string of the molecule is CSc1cc2cc(Cl)ccc2cc1OB(O)O. The Morgan fingerprint density at radius 2 is 1.94 bits per heavy atom. The van der Waals surface area contributed by atoms with Crippen molar-refractivity contribution < 1.29 is 14.7 Å². The highest BCUT2D eigenvalue weighted by atomic mass is 35.5. The first kappa shape index (κ1) is 12.6. The van der Waals surface area contributed by atoms with Crippen molar-refractivity contribution in [3.8, 4) is 5.75 Å². The van der Waals surface area contributed by atoms with Gasteiger partial charge in [0.15, 0.2) is 0 Å². The zero-order chi connectivity index (χ0) is 12.4. The third-order valence-electron chi connectivity index (χ3n) is 2.32. The lowest BCUT2D eigenvalue weighted by Crippen LogP contribution is -2.20. The van der Waals surface area contributed by atoms with E-state index >= 15 is 0 Å². The van der Waals surface area contributed by atoms with Crippen LogP contribution in [0.2, 0.25) is 5.02 Å². The van der Waals surface area contributed by atoms with E-state index in [9.17, 15) is 0 Å². The van der Waals surface area contributed by atoms with Crippen molar-refractivity contribution in [1.82, 2.24) is 0 Å². The monoisotopic (exact) mass is 268 g/mol. The molecule has 2 N–H and O–H groups in total. The molecule has 3 nitrogen and oxygen atoms in total. The second kappa shape index (κ2) is 5.18. The summed E-state index contributed by atoms with van der Waals surface area (Å²) in [6.45, 7) is 0. The molecule has 0 saturated carbocycles. The first-order valence-electron chi connectivity index (χ1n) is 4.90. The normalized spacial score (nSPS) is 10.6. The number of halogens is 1. The fourth-order valence-electron chi connectivity index (χ4n) is 1.59. The summed E-state index contributed by atoms with van der Waals surface area (Å²) in [5.41, 5.74) is 0. The molecular weight excluding hydrogens is 258 g/mol. The van der Waals surface area contributed by atoms with Crippen molar-refractivity contribution in [2.24, 2.45) is 0 Å². The molecule has 2 aromatic rings. The van der Waals surface area contributed by atoms with Crippen molar-refractivity contribution >= 4 is 41.5 Å². The van der Waals surface area contributed by atoms with Crippen molar-refractivity contribution in [3.05, 3.63) is 35.4 Å². The van der Waals surface area contributed by atoms with E-state index in [1.54, 1.807) is 12.1 Å². The third kappa shape index (κ3) is 2.87. The van der Waals surface area contributed by atoms with Gasteiger partial charge in [-0.2, -0.15) is 0 Å². The van der Waals surface area contributed by atoms with Crippen molar-refractivity contribution in [3.63, 3.8) is 0 Å². The van der Waals surface area contributed by atoms with Crippen molar-refractivity contribution in [2.75, 3.05) is 6.26 Å². The van der Waals surface area contributed by atoms with E-state index < -0.39 is 7.32 Å². The Bertz CT molecular complexity index is 547. The highest BCUT2D eigenvalue weighted by Crippen LogP contribution is 2.33. The van der Waals surface area contributed by atoms with Gasteiger partial charge in [-0.25, -0.2) is 0 Å². The highest BCUT2D eigenvalue weighted by Gasteiger charge is 2.15. The van der Waals surface area contributed by atoms with Crippen LogP contribution in [0.4, 0.5) is 0 Å². The van der Waals surface area contributed by atoms with Crippen LogP contribution in [0.3, 0.4) is 0 Å². The number of fused-ring (bicyclic) bond motifs is 1. The Morgan fingerprint density at radius 1 is 1.18 bits per heavy atom. The fourth-order valence-corrected chi connectivity index (χ4v) is 2.33. The molecule has 0 spiro atoms. The Kier molecular flexibility index (Phi) is 3.84. The quantitative estimate of drug-likeness (QED) is 0.663. The van der Waals surface area contributed by atoms with Gasteiger partial charge in [0.25, 0.3) is 0 Å². The smallest absolute Gasteiger partial charge is 0.511 e. The van der Waals surface area contributed by atoms with E-state index in [2.05, 4.69) is 0 Å². The molecule has 0 atom stereocenters. The van der Waals surface area contributed by atoms with Crippen LogP contribution in [-0.2, 0) is 0 Å². The molecule has 0 radical (unpaired) electrons. The molecule has 0 unspecified atom stereocenters. The van der Waals surface area contributed by atoms with E-state index in [1.165, 1.54) is 11.8 Å². The molecule has 0 heterocycles. The molecule has 0 amide bonds. The van der Waals surface area contributed by atoms with Gasteiger partial charge in [-0.1, -0.05) is 17.7 Å². The van der Waals surface area contributed by atoms with Gasteiger partial charge in [-0.3, -0.25) is 0 Å². The average molecular weight is 269 g/mol. The minimum Gasteiger partial charge on any atom is -0.511 e. The summed E-state index contributed by atoms with van der Waals surface area (Å²) in [5, 5.41) is 20.3. The van der Waals surface area contributed by atoms with E-state index in [4.69, 9.17) is 26.3 Å². The van der Waals surface area contributed by atoms with Gasteiger partial charge in [0.1, 0.15) is 5.75 Å². The predicted molar refractivity (Wildman–Crippen MR) is 71.6 cm³/mol. The second-order valence-electron chi connectivity index (χ2n) is 3.44. The van der Waals surface area contributed by atoms with Crippen LogP contribution >= 0.6 is 23.4 Å². The van der Waals surface area contributed by atoms with Crippen LogP contribution in [-0.4, -0.2) is 23.6 Å². The molecule has 0 fully saturated rings. The zero-order valence-corrected chi connectivity index (χ0v) is 10.6. The second-order valence-corrected chi connectivity index (χ2v) is 4.72. The van der Waals surface area contributed by atoms with Crippen LogP contribution in [0.25, 0.3) is 10.8 Å². The van der Waals surface area contributed by atoms with Crippen LogP contribution < -0.4 is 4.65 Å². The summed E-state index contributed by atoms with van der Waals surface area (Å²) >= 11 is 7.39. The van der Waals surface area contributed by atoms with Crippen molar-refractivity contribution in [2.45, 2.75) is 4.90 Å². The van der Waals surface area contributed by atoms with Crippen LogP contribution in [0, 0.1) is 0 Å². The third-order valence-corrected chi connectivity index (χ3v) is 3.31. The Hall–Kier alpha value is -0.875. The van der Waals surface area contributed by atoms with Gasteiger partial charge < -0.3 is 14.7 Å². The van der Waals surface area contributed by atoms with Crippen LogP contribution in [0.5, 0.6) is 5.75 Å². The lowest BCUT2D eigenvalue weighted by atomic mass is 10.1. The summed E-state index contributed by atoms with van der Waals surface area (Å²) in [4.78, 5) is 0.827. The van der Waals surface area contributed by atoms with E-state index in [0.717, 1.165) is 15.7 Å². The van der Waals surface area contributed by atoms with Gasteiger partial charge in [0, 0.05) is 9.92 Å². The summed E-state index contributed by atoms with van der Waals surface area (Å²) in [7, 11) is -1.81. The highest BCUT2D eigenvalue weighted by molar-refractivity contribution is 7.98. The average Bonchev–Trinajstić information content (AvgIpc) is 2.28. The van der Waals surface area contributed by atoms with Gasteiger partial charge >= 0.3 is 7.32 Å². The fraction of sp³-hybridized carbons (Fsp3) is 0.0909. The summed E-state index contributed by atoms with van der Waals surface area (Å²) in [6.07, 6.45) is 1.89. The Balaban J connectivity index is 2.56. The maximum Gasteiger partial charge on any atom is 0.707 e. The van der Waals surface area contributed by atoms with Gasteiger partial charge in [-0.05, 0) is 41.3 Å². The maximum atomic E-state index is 8.84. The number of hydrogen-bond donors (Lipinski definition) is 2. The van der Waals surface area contributed by atoms with Crippen LogP contribution in [0.1, 0.15) is 0 Å². The molecule has 6 heteroatoms. The van der Waals surface area contributed by atoms with E-state index in [1.807, 2.05) is 24.5 Å². The van der Waals surface area contributed by atoms with E-state index in [0.29, 0.717) is 10.8 Å². The number of rotatable bonds is 3. The number of thioether (sulfide) groups is 1. The maximum absolute atomic E-state index is 8.84. The molecule has 17 heavy (non-hydrogen) atoms. The molecule has 0 aliphatic rings. The lowest BCUT2D eigenvalue weighted by Gasteiger charge is -2.11. The Morgan fingerprint density at radius 3 is 2.59 bits per heavy atom. The largest absolute Gasteiger partial charge is 0.707 e. The molecule has 0 aliphatic carbocycles. The van der Waals surface area contributed by atoms with Gasteiger partial charge in [-0.15, -0.1) is 11.8 Å². The summed E-state index contributed by atoms with van der Waals surface area (Å²) in [6, 6.07) is 9.16. The predicted octanol–water partition coefficient (Wildman–Crippen LogP) is 2.56. The van der Waals surface area contributed by atoms with Gasteiger partial charge in [0.05, 0.1) is 0 Å². The molecule has 0 aromatic heterocycles.